The number of rotatable bonds is 4. The van der Waals surface area contributed by atoms with Crippen molar-refractivity contribution in [2.45, 2.75) is 38.0 Å². The number of halogens is 3. The van der Waals surface area contributed by atoms with Gasteiger partial charge in [0.1, 0.15) is 0 Å². The third kappa shape index (κ3) is 4.92. The number of amides is 1. The predicted molar refractivity (Wildman–Crippen MR) is 105 cm³/mol. The molecule has 2 aromatic rings. The highest BCUT2D eigenvalue weighted by molar-refractivity contribution is 5.94. The third-order valence-electron chi connectivity index (χ3n) is 5.80. The standard InChI is InChI=1S/C22H24F3N3O2/c23-22(24,25)15-30-20-6-5-17(13-26-20)21(29)27-11-8-19(9-12-27)28-10-7-16-3-1-2-4-18(16)14-28/h1-6,13,19H,7-12,14-15H2. The van der Waals surface area contributed by atoms with Crippen molar-refractivity contribution in [2.24, 2.45) is 0 Å². The van der Waals surface area contributed by atoms with E-state index in [0.29, 0.717) is 24.7 Å². The molecule has 30 heavy (non-hydrogen) atoms. The number of nitrogens with zero attached hydrogens (tertiary/aromatic N) is 3. The molecule has 0 atom stereocenters. The summed E-state index contributed by atoms with van der Waals surface area (Å²) in [4.78, 5) is 20.9. The minimum Gasteiger partial charge on any atom is -0.468 e. The van der Waals surface area contributed by atoms with E-state index in [2.05, 4.69) is 38.9 Å². The predicted octanol–water partition coefficient (Wildman–Crippen LogP) is 3.69. The molecule has 1 saturated heterocycles. The molecule has 3 heterocycles. The lowest BCUT2D eigenvalue weighted by Crippen LogP contribution is -2.48. The molecule has 1 fully saturated rings. The second-order valence-electron chi connectivity index (χ2n) is 7.80. The number of aromatic nitrogens is 1. The van der Waals surface area contributed by atoms with Gasteiger partial charge >= 0.3 is 6.18 Å². The lowest BCUT2D eigenvalue weighted by molar-refractivity contribution is -0.154. The highest BCUT2D eigenvalue weighted by Gasteiger charge is 2.30. The molecule has 0 unspecified atom stereocenters. The largest absolute Gasteiger partial charge is 0.468 e. The van der Waals surface area contributed by atoms with E-state index in [1.807, 2.05) is 0 Å². The third-order valence-corrected chi connectivity index (χ3v) is 5.80. The maximum absolute atomic E-state index is 12.7. The minimum atomic E-state index is -4.42. The molecule has 0 radical (unpaired) electrons. The number of piperidine rings is 1. The molecule has 1 aromatic heterocycles. The fourth-order valence-electron chi connectivity index (χ4n) is 4.19. The first-order chi connectivity index (χ1) is 14.4. The number of hydrogen-bond acceptors (Lipinski definition) is 4. The highest BCUT2D eigenvalue weighted by Crippen LogP contribution is 2.25. The van der Waals surface area contributed by atoms with Crippen molar-refractivity contribution in [3.8, 4) is 5.88 Å². The van der Waals surface area contributed by atoms with Crippen molar-refractivity contribution >= 4 is 5.91 Å². The Balaban J connectivity index is 1.29. The normalized spacial score (nSPS) is 18.2. The Labute approximate surface area is 173 Å². The molecule has 160 valence electrons. The minimum absolute atomic E-state index is 0.145. The van der Waals surface area contributed by atoms with E-state index in [1.54, 1.807) is 4.90 Å². The summed E-state index contributed by atoms with van der Waals surface area (Å²) in [5.41, 5.74) is 3.18. The number of ether oxygens (including phenoxy) is 1. The summed E-state index contributed by atoms with van der Waals surface area (Å²) in [6.45, 7) is 1.92. The Morgan fingerprint density at radius 1 is 1.07 bits per heavy atom. The molecule has 0 saturated carbocycles. The van der Waals surface area contributed by atoms with Crippen LogP contribution in [0.25, 0.3) is 0 Å². The summed E-state index contributed by atoms with van der Waals surface area (Å²) in [5.74, 6) is -0.291. The number of carbonyl (C=O) groups excluding carboxylic acids is 1. The average Bonchev–Trinajstić information content (AvgIpc) is 2.77. The Kier molecular flexibility index (Phi) is 5.94. The molecule has 0 aliphatic carbocycles. The van der Waals surface area contributed by atoms with Gasteiger partial charge in [-0.1, -0.05) is 24.3 Å². The number of benzene rings is 1. The lowest BCUT2D eigenvalue weighted by Gasteiger charge is -2.40. The van der Waals surface area contributed by atoms with Crippen molar-refractivity contribution in [3.63, 3.8) is 0 Å². The van der Waals surface area contributed by atoms with Crippen LogP contribution in [0, 0.1) is 0 Å². The number of hydrogen-bond donors (Lipinski definition) is 0. The molecule has 2 aliphatic heterocycles. The molecule has 8 heteroatoms. The molecule has 0 N–H and O–H groups in total. The van der Waals surface area contributed by atoms with Crippen LogP contribution in [-0.2, 0) is 13.0 Å². The molecular formula is C22H24F3N3O2. The van der Waals surface area contributed by atoms with Gasteiger partial charge in [-0.05, 0) is 36.5 Å². The maximum atomic E-state index is 12.7. The molecule has 1 aromatic carbocycles. The Hall–Kier alpha value is -2.61. The summed E-state index contributed by atoms with van der Waals surface area (Å²) in [6.07, 6.45) is -0.259. The number of likely N-dealkylation sites (tertiary alicyclic amines) is 1. The van der Waals surface area contributed by atoms with E-state index < -0.39 is 12.8 Å². The highest BCUT2D eigenvalue weighted by atomic mass is 19.4. The number of carbonyl (C=O) groups is 1. The van der Waals surface area contributed by atoms with E-state index in [9.17, 15) is 18.0 Å². The van der Waals surface area contributed by atoms with Crippen molar-refractivity contribution in [1.82, 2.24) is 14.8 Å². The van der Waals surface area contributed by atoms with Crippen LogP contribution in [0.5, 0.6) is 5.88 Å². The van der Waals surface area contributed by atoms with Crippen LogP contribution in [0.1, 0.15) is 34.3 Å². The first-order valence-corrected chi connectivity index (χ1v) is 10.1. The van der Waals surface area contributed by atoms with Gasteiger partial charge in [-0.25, -0.2) is 4.98 Å². The summed E-state index contributed by atoms with van der Waals surface area (Å²) in [5, 5.41) is 0. The van der Waals surface area contributed by atoms with Crippen LogP contribution in [-0.4, -0.2) is 59.2 Å². The summed E-state index contributed by atoms with van der Waals surface area (Å²) in [7, 11) is 0. The maximum Gasteiger partial charge on any atom is 0.422 e. The molecule has 5 nitrogen and oxygen atoms in total. The van der Waals surface area contributed by atoms with Crippen LogP contribution in [0.3, 0.4) is 0 Å². The van der Waals surface area contributed by atoms with E-state index in [4.69, 9.17) is 0 Å². The monoisotopic (exact) mass is 419 g/mol. The average molecular weight is 419 g/mol. The fraction of sp³-hybridized carbons (Fsp3) is 0.455. The second kappa shape index (κ2) is 8.63. The van der Waals surface area contributed by atoms with Crippen molar-refractivity contribution in [1.29, 1.82) is 0 Å². The molecular weight excluding hydrogens is 395 g/mol. The topological polar surface area (TPSA) is 45.7 Å². The number of fused-ring (bicyclic) bond motifs is 1. The molecule has 1 amide bonds. The number of alkyl halides is 3. The smallest absolute Gasteiger partial charge is 0.422 e. The van der Waals surface area contributed by atoms with Crippen LogP contribution < -0.4 is 4.74 Å². The molecule has 4 rings (SSSR count). The number of pyridine rings is 1. The van der Waals surface area contributed by atoms with Crippen molar-refractivity contribution in [2.75, 3.05) is 26.2 Å². The Morgan fingerprint density at radius 3 is 2.47 bits per heavy atom. The van der Waals surface area contributed by atoms with Gasteiger partial charge in [0, 0.05) is 44.5 Å². The van der Waals surface area contributed by atoms with Gasteiger partial charge in [0.05, 0.1) is 5.56 Å². The van der Waals surface area contributed by atoms with Gasteiger partial charge in [-0.2, -0.15) is 13.2 Å². The van der Waals surface area contributed by atoms with E-state index in [-0.39, 0.29) is 11.8 Å². The summed E-state index contributed by atoms with van der Waals surface area (Å²) in [6, 6.07) is 11.8. The van der Waals surface area contributed by atoms with Crippen LogP contribution in [0.15, 0.2) is 42.6 Å². The zero-order chi connectivity index (χ0) is 21.1. The van der Waals surface area contributed by atoms with E-state index in [0.717, 1.165) is 32.4 Å². The van der Waals surface area contributed by atoms with Gasteiger partial charge in [0.15, 0.2) is 6.61 Å². The Bertz CT molecular complexity index is 878. The van der Waals surface area contributed by atoms with Gasteiger partial charge in [-0.3, -0.25) is 9.69 Å². The Morgan fingerprint density at radius 2 is 1.80 bits per heavy atom. The summed E-state index contributed by atoms with van der Waals surface area (Å²) >= 11 is 0. The first-order valence-electron chi connectivity index (χ1n) is 10.1. The van der Waals surface area contributed by atoms with E-state index in [1.165, 1.54) is 29.5 Å². The zero-order valence-corrected chi connectivity index (χ0v) is 16.6. The molecule has 0 bridgehead atoms. The van der Waals surface area contributed by atoms with Crippen LogP contribution in [0.4, 0.5) is 13.2 Å². The van der Waals surface area contributed by atoms with Gasteiger partial charge < -0.3 is 9.64 Å². The van der Waals surface area contributed by atoms with Gasteiger partial charge in [-0.15, -0.1) is 0 Å². The molecule has 2 aliphatic rings. The molecule has 0 spiro atoms. The fourth-order valence-corrected chi connectivity index (χ4v) is 4.19. The van der Waals surface area contributed by atoms with Crippen molar-refractivity contribution < 1.29 is 22.7 Å². The quantitative estimate of drug-likeness (QED) is 0.759. The van der Waals surface area contributed by atoms with Gasteiger partial charge in [0.2, 0.25) is 5.88 Å². The van der Waals surface area contributed by atoms with Crippen LogP contribution in [0.2, 0.25) is 0 Å². The van der Waals surface area contributed by atoms with E-state index >= 15 is 0 Å². The summed E-state index contributed by atoms with van der Waals surface area (Å²) < 4.78 is 41.2. The van der Waals surface area contributed by atoms with Crippen molar-refractivity contribution in [3.05, 3.63) is 59.3 Å². The SMILES string of the molecule is O=C(c1ccc(OCC(F)(F)F)nc1)N1CCC(N2CCc3ccccc3C2)CC1. The zero-order valence-electron chi connectivity index (χ0n) is 16.6. The van der Waals surface area contributed by atoms with Crippen LogP contribution >= 0.6 is 0 Å². The first kappa shape index (κ1) is 20.7. The lowest BCUT2D eigenvalue weighted by atomic mass is 9.95. The van der Waals surface area contributed by atoms with Gasteiger partial charge in [0.25, 0.3) is 5.91 Å². The second-order valence-corrected chi connectivity index (χ2v) is 7.80.